The number of nitrogens with zero attached hydrogens (tertiary/aromatic N) is 1. The van der Waals surface area contributed by atoms with Crippen molar-refractivity contribution in [2.45, 2.75) is 18.4 Å². The van der Waals surface area contributed by atoms with Gasteiger partial charge in [-0.2, -0.15) is 4.31 Å². The predicted molar refractivity (Wildman–Crippen MR) is 76.2 cm³/mol. The zero-order chi connectivity index (χ0) is 15.8. The largest absolute Gasteiger partial charge is 0.469 e. The van der Waals surface area contributed by atoms with Gasteiger partial charge in [0.15, 0.2) is 0 Å². The summed E-state index contributed by atoms with van der Waals surface area (Å²) in [6.07, 6.45) is 1.44. The fourth-order valence-corrected chi connectivity index (χ4v) is 4.08. The summed E-state index contributed by atoms with van der Waals surface area (Å²) in [5.74, 6) is -1.42. The first-order chi connectivity index (χ1) is 9.73. The van der Waals surface area contributed by atoms with Gasteiger partial charge < -0.3 is 4.42 Å². The van der Waals surface area contributed by atoms with E-state index in [0.717, 1.165) is 10.4 Å². The van der Waals surface area contributed by atoms with Gasteiger partial charge in [0.1, 0.15) is 22.3 Å². The minimum Gasteiger partial charge on any atom is -0.469 e. The number of rotatable bonds is 4. The average molecular weight is 380 g/mol. The number of aryl methyl sites for hydroxylation is 1. The Labute approximate surface area is 129 Å². The molecular weight excluding hydrogens is 368 g/mol. The number of hydrogen-bond donors (Lipinski definition) is 0. The quantitative estimate of drug-likeness (QED) is 0.817. The van der Waals surface area contributed by atoms with Crippen molar-refractivity contribution in [3.8, 4) is 0 Å². The van der Waals surface area contributed by atoms with Gasteiger partial charge in [0.05, 0.1) is 6.26 Å². The highest BCUT2D eigenvalue weighted by molar-refractivity contribution is 9.10. The molecule has 0 aliphatic heterocycles. The molecule has 21 heavy (non-hydrogen) atoms. The van der Waals surface area contributed by atoms with Crippen LogP contribution < -0.4 is 0 Å². The lowest BCUT2D eigenvalue weighted by Crippen LogP contribution is -2.27. The van der Waals surface area contributed by atoms with Crippen molar-refractivity contribution in [2.24, 2.45) is 0 Å². The van der Waals surface area contributed by atoms with Gasteiger partial charge in [-0.25, -0.2) is 17.2 Å². The first-order valence-corrected chi connectivity index (χ1v) is 8.10. The minimum absolute atomic E-state index is 0.0217. The highest BCUT2D eigenvalue weighted by Crippen LogP contribution is 2.29. The number of halogens is 3. The van der Waals surface area contributed by atoms with Gasteiger partial charge in [-0.3, -0.25) is 0 Å². The Morgan fingerprint density at radius 2 is 2.00 bits per heavy atom. The normalized spacial score (nSPS) is 12.1. The third-order valence-electron chi connectivity index (χ3n) is 2.99. The summed E-state index contributed by atoms with van der Waals surface area (Å²) < 4.78 is 57.7. The van der Waals surface area contributed by atoms with Crippen LogP contribution in [0, 0.1) is 18.6 Å². The van der Waals surface area contributed by atoms with Gasteiger partial charge in [0.2, 0.25) is 10.0 Å². The zero-order valence-corrected chi connectivity index (χ0v) is 13.6. The molecular formula is C13H12BrF2NO3S. The molecule has 8 heteroatoms. The summed E-state index contributed by atoms with van der Waals surface area (Å²) in [6, 6.07) is 3.08. The molecule has 114 valence electrons. The molecule has 0 atom stereocenters. The standard InChI is InChI=1S/C13H12BrF2NO3S/c1-8-9(3-4-20-8)7-17(2)21(18,19)13-11(14)5-10(15)6-12(13)16/h3-6H,7H2,1-2H3. The van der Waals surface area contributed by atoms with Crippen molar-refractivity contribution >= 4 is 26.0 Å². The number of furan rings is 1. The molecule has 0 N–H and O–H groups in total. The molecule has 4 nitrogen and oxygen atoms in total. The van der Waals surface area contributed by atoms with E-state index in [2.05, 4.69) is 15.9 Å². The zero-order valence-electron chi connectivity index (χ0n) is 11.2. The van der Waals surface area contributed by atoms with Gasteiger partial charge in [-0.1, -0.05) is 0 Å². The van der Waals surface area contributed by atoms with Gasteiger partial charge in [0.25, 0.3) is 0 Å². The maximum atomic E-state index is 13.8. The van der Waals surface area contributed by atoms with E-state index in [1.165, 1.54) is 13.3 Å². The number of hydrogen-bond acceptors (Lipinski definition) is 3. The third-order valence-corrected chi connectivity index (χ3v) is 5.76. The van der Waals surface area contributed by atoms with Crippen LogP contribution >= 0.6 is 15.9 Å². The van der Waals surface area contributed by atoms with Crippen LogP contribution in [0.15, 0.2) is 38.2 Å². The Morgan fingerprint density at radius 3 is 2.52 bits per heavy atom. The third kappa shape index (κ3) is 3.17. The lowest BCUT2D eigenvalue weighted by molar-refractivity contribution is 0.451. The van der Waals surface area contributed by atoms with Crippen molar-refractivity contribution < 1.29 is 21.6 Å². The van der Waals surface area contributed by atoms with Crippen LogP contribution in [0.25, 0.3) is 0 Å². The first kappa shape index (κ1) is 16.1. The van der Waals surface area contributed by atoms with E-state index in [9.17, 15) is 17.2 Å². The molecule has 0 spiro atoms. The van der Waals surface area contributed by atoms with E-state index in [1.807, 2.05) is 0 Å². The lowest BCUT2D eigenvalue weighted by atomic mass is 10.3. The van der Waals surface area contributed by atoms with Crippen LogP contribution in [-0.2, 0) is 16.6 Å². The number of benzene rings is 1. The fraction of sp³-hybridized carbons (Fsp3) is 0.231. The highest BCUT2D eigenvalue weighted by Gasteiger charge is 2.28. The second-order valence-electron chi connectivity index (χ2n) is 4.46. The smallest absolute Gasteiger partial charge is 0.247 e. The van der Waals surface area contributed by atoms with Crippen molar-refractivity contribution in [1.82, 2.24) is 4.31 Å². The molecule has 0 bridgehead atoms. The second kappa shape index (κ2) is 5.86. The molecule has 1 heterocycles. The van der Waals surface area contributed by atoms with Crippen LogP contribution in [0.5, 0.6) is 0 Å². The van der Waals surface area contributed by atoms with Crippen LogP contribution in [0.2, 0.25) is 0 Å². The van der Waals surface area contributed by atoms with Gasteiger partial charge in [-0.15, -0.1) is 0 Å². The molecule has 0 saturated carbocycles. The van der Waals surface area contributed by atoms with Crippen molar-refractivity contribution in [2.75, 3.05) is 7.05 Å². The summed E-state index contributed by atoms with van der Waals surface area (Å²) in [6.45, 7) is 1.72. The maximum absolute atomic E-state index is 13.8. The molecule has 1 aromatic heterocycles. The fourth-order valence-electron chi connectivity index (χ4n) is 1.83. The van der Waals surface area contributed by atoms with E-state index in [4.69, 9.17) is 4.42 Å². The first-order valence-electron chi connectivity index (χ1n) is 5.87. The van der Waals surface area contributed by atoms with E-state index in [-0.39, 0.29) is 11.0 Å². The van der Waals surface area contributed by atoms with E-state index < -0.39 is 26.6 Å². The molecule has 0 fully saturated rings. The summed E-state index contributed by atoms with van der Waals surface area (Å²) in [4.78, 5) is -0.590. The molecule has 0 aliphatic rings. The summed E-state index contributed by atoms with van der Waals surface area (Å²) in [5.41, 5.74) is 0.666. The van der Waals surface area contributed by atoms with Crippen LogP contribution in [-0.4, -0.2) is 19.8 Å². The maximum Gasteiger partial charge on any atom is 0.247 e. The predicted octanol–water partition coefficient (Wildman–Crippen LogP) is 3.45. The van der Waals surface area contributed by atoms with Gasteiger partial charge >= 0.3 is 0 Å². The van der Waals surface area contributed by atoms with E-state index >= 15 is 0 Å². The Hall–Kier alpha value is -1.25. The summed E-state index contributed by atoms with van der Waals surface area (Å²) in [7, 11) is -2.79. The van der Waals surface area contributed by atoms with Gasteiger partial charge in [-0.05, 0) is 35.0 Å². The Bertz CT molecular complexity index is 750. The highest BCUT2D eigenvalue weighted by atomic mass is 79.9. The van der Waals surface area contributed by atoms with E-state index in [1.54, 1.807) is 13.0 Å². The van der Waals surface area contributed by atoms with Crippen LogP contribution in [0.4, 0.5) is 8.78 Å². The average Bonchev–Trinajstić information content (AvgIpc) is 2.73. The Kier molecular flexibility index (Phi) is 4.50. The molecule has 1 aromatic carbocycles. The molecule has 2 aromatic rings. The lowest BCUT2D eigenvalue weighted by Gasteiger charge is -2.18. The molecule has 2 rings (SSSR count). The van der Waals surface area contributed by atoms with Crippen molar-refractivity contribution in [3.63, 3.8) is 0 Å². The Morgan fingerprint density at radius 1 is 1.33 bits per heavy atom. The van der Waals surface area contributed by atoms with E-state index in [0.29, 0.717) is 17.4 Å². The molecule has 0 unspecified atom stereocenters. The van der Waals surface area contributed by atoms with Gasteiger partial charge in [0, 0.05) is 29.7 Å². The molecule has 0 radical (unpaired) electrons. The Balaban J connectivity index is 2.40. The molecule has 0 aliphatic carbocycles. The topological polar surface area (TPSA) is 50.5 Å². The van der Waals surface area contributed by atoms with Crippen molar-refractivity contribution in [3.05, 3.63) is 51.9 Å². The second-order valence-corrected chi connectivity index (χ2v) is 7.30. The van der Waals surface area contributed by atoms with Crippen molar-refractivity contribution in [1.29, 1.82) is 0 Å². The molecule has 0 amide bonds. The summed E-state index contributed by atoms with van der Waals surface area (Å²) in [5, 5.41) is 0. The SMILES string of the molecule is Cc1occc1CN(C)S(=O)(=O)c1c(F)cc(F)cc1Br. The number of sulfonamides is 1. The summed E-state index contributed by atoms with van der Waals surface area (Å²) >= 11 is 2.89. The van der Waals surface area contributed by atoms with Crippen LogP contribution in [0.3, 0.4) is 0 Å². The van der Waals surface area contributed by atoms with Crippen LogP contribution in [0.1, 0.15) is 11.3 Å². The minimum atomic E-state index is -4.11. The monoisotopic (exact) mass is 379 g/mol. The molecule has 0 saturated heterocycles.